The monoisotopic (exact) mass is 526 g/mol. The van der Waals surface area contributed by atoms with Crippen molar-refractivity contribution in [1.82, 2.24) is 14.1 Å². The van der Waals surface area contributed by atoms with Crippen LogP contribution in [0.3, 0.4) is 0 Å². The second-order valence-corrected chi connectivity index (χ2v) is 11.0. The van der Waals surface area contributed by atoms with Crippen LogP contribution in [0.4, 0.5) is 5.82 Å². The molecule has 33 heavy (non-hydrogen) atoms. The van der Waals surface area contributed by atoms with Crippen LogP contribution in [0.15, 0.2) is 59.6 Å². The quantitative estimate of drug-likeness (QED) is 0.493. The van der Waals surface area contributed by atoms with Crippen LogP contribution in [0, 0.1) is 5.92 Å². The van der Waals surface area contributed by atoms with E-state index in [1.54, 1.807) is 35.1 Å². The van der Waals surface area contributed by atoms with Gasteiger partial charge in [0.15, 0.2) is 5.82 Å². The van der Waals surface area contributed by atoms with Gasteiger partial charge in [-0.05, 0) is 54.8 Å². The summed E-state index contributed by atoms with van der Waals surface area (Å²) < 4.78 is 28.7. The predicted octanol–water partition coefficient (Wildman–Crippen LogP) is 4.93. The zero-order valence-corrected chi connectivity index (χ0v) is 20.5. The molecule has 0 unspecified atom stereocenters. The number of sulfonamides is 1. The number of halogens is 3. The van der Waals surface area contributed by atoms with E-state index >= 15 is 0 Å². The minimum absolute atomic E-state index is 0.188. The normalized spacial score (nSPS) is 15.5. The fraction of sp³-hybridized carbons (Fsp3) is 0.273. The number of benzene rings is 2. The van der Waals surface area contributed by atoms with E-state index in [-0.39, 0.29) is 35.6 Å². The first-order valence-corrected chi connectivity index (χ1v) is 12.8. The Morgan fingerprint density at radius 3 is 2.15 bits per heavy atom. The topological polar surface area (TPSA) is 84.3 Å². The van der Waals surface area contributed by atoms with Crippen LogP contribution >= 0.6 is 34.8 Å². The number of aromatic nitrogens is 2. The van der Waals surface area contributed by atoms with Gasteiger partial charge in [-0.2, -0.15) is 9.40 Å². The predicted molar refractivity (Wildman–Crippen MR) is 129 cm³/mol. The van der Waals surface area contributed by atoms with E-state index in [0.29, 0.717) is 34.5 Å². The first-order valence-electron chi connectivity index (χ1n) is 10.3. The zero-order chi connectivity index (χ0) is 23.6. The Morgan fingerprint density at radius 2 is 1.55 bits per heavy atom. The Morgan fingerprint density at radius 1 is 0.970 bits per heavy atom. The molecule has 0 spiro atoms. The highest BCUT2D eigenvalue weighted by Gasteiger charge is 2.32. The van der Waals surface area contributed by atoms with Crippen molar-refractivity contribution in [2.45, 2.75) is 24.3 Å². The van der Waals surface area contributed by atoms with Gasteiger partial charge in [0.1, 0.15) is 5.02 Å². The summed E-state index contributed by atoms with van der Waals surface area (Å²) in [4.78, 5) is 13.0. The van der Waals surface area contributed by atoms with Crippen LogP contribution in [0.25, 0.3) is 0 Å². The SMILES string of the molecule is O=C(Nc1nn(Cc2ccc(Cl)cc2)cc1Cl)C1CCN(S(=O)(=O)c2ccc(Cl)cc2)CC1. The van der Waals surface area contributed by atoms with Crippen LogP contribution in [0.1, 0.15) is 18.4 Å². The maximum absolute atomic E-state index is 12.8. The van der Waals surface area contributed by atoms with Gasteiger partial charge in [-0.25, -0.2) is 8.42 Å². The first kappa shape index (κ1) is 24.0. The lowest BCUT2D eigenvalue weighted by Crippen LogP contribution is -2.41. The Labute approximate surface area is 207 Å². The number of hydrogen-bond donors (Lipinski definition) is 1. The van der Waals surface area contributed by atoms with Crippen molar-refractivity contribution in [3.05, 3.63) is 75.4 Å². The molecule has 1 aliphatic rings. The smallest absolute Gasteiger partial charge is 0.243 e. The highest BCUT2D eigenvalue weighted by atomic mass is 35.5. The molecule has 1 N–H and O–H groups in total. The molecule has 2 heterocycles. The van der Waals surface area contributed by atoms with E-state index in [1.807, 2.05) is 12.1 Å². The van der Waals surface area contributed by atoms with Crippen molar-refractivity contribution in [3.63, 3.8) is 0 Å². The van der Waals surface area contributed by atoms with Gasteiger partial charge in [0.2, 0.25) is 15.9 Å². The second kappa shape index (κ2) is 10.0. The Hall–Kier alpha value is -2.10. The number of hydrogen-bond acceptors (Lipinski definition) is 4. The summed E-state index contributed by atoms with van der Waals surface area (Å²) in [5.74, 6) is -0.275. The van der Waals surface area contributed by atoms with E-state index in [0.717, 1.165) is 5.56 Å². The summed E-state index contributed by atoms with van der Waals surface area (Å²) in [6, 6.07) is 13.4. The summed E-state index contributed by atoms with van der Waals surface area (Å²) in [5, 5.41) is 8.60. The standard InChI is InChI=1S/C22H21Cl3N4O3S/c23-17-3-1-15(2-4-17)13-28-14-20(25)21(27-28)26-22(30)16-9-11-29(12-10-16)33(31,32)19-7-5-18(24)6-8-19/h1-8,14,16H,9-13H2,(H,26,27,30). The van der Waals surface area contributed by atoms with Gasteiger partial charge in [-0.3, -0.25) is 9.48 Å². The molecule has 174 valence electrons. The van der Waals surface area contributed by atoms with Gasteiger partial charge < -0.3 is 5.32 Å². The number of carbonyl (C=O) groups excluding carboxylic acids is 1. The number of rotatable bonds is 6. The van der Waals surface area contributed by atoms with Gasteiger partial charge in [0.25, 0.3) is 0 Å². The maximum atomic E-state index is 12.8. The third-order valence-corrected chi connectivity index (χ3v) is 8.19. The lowest BCUT2D eigenvalue weighted by atomic mass is 9.97. The summed E-state index contributed by atoms with van der Waals surface area (Å²) in [7, 11) is -3.62. The molecule has 4 rings (SSSR count). The lowest BCUT2D eigenvalue weighted by molar-refractivity contribution is -0.120. The molecule has 3 aromatic rings. The molecule has 1 amide bonds. The fourth-order valence-corrected chi connectivity index (χ4v) is 5.59. The van der Waals surface area contributed by atoms with E-state index in [2.05, 4.69) is 10.4 Å². The average molecular weight is 528 g/mol. The second-order valence-electron chi connectivity index (χ2n) is 7.77. The van der Waals surface area contributed by atoms with Gasteiger partial charge in [-0.15, -0.1) is 0 Å². The number of nitrogens with zero attached hydrogens (tertiary/aromatic N) is 3. The molecule has 7 nitrogen and oxygen atoms in total. The largest absolute Gasteiger partial charge is 0.308 e. The van der Waals surface area contributed by atoms with Crippen LogP contribution < -0.4 is 5.32 Å². The molecule has 1 aliphatic heterocycles. The molecule has 0 bridgehead atoms. The van der Waals surface area contributed by atoms with Crippen LogP contribution in [-0.2, 0) is 21.4 Å². The van der Waals surface area contributed by atoms with Crippen molar-refractivity contribution in [2.24, 2.45) is 5.92 Å². The minimum atomic E-state index is -3.62. The molecule has 1 aromatic heterocycles. The number of anilines is 1. The first-order chi connectivity index (χ1) is 15.7. The van der Waals surface area contributed by atoms with Gasteiger partial charge in [0, 0.05) is 35.2 Å². The van der Waals surface area contributed by atoms with Crippen molar-refractivity contribution < 1.29 is 13.2 Å². The van der Waals surface area contributed by atoms with Gasteiger partial charge >= 0.3 is 0 Å². The number of piperidine rings is 1. The Balaban J connectivity index is 1.35. The molecule has 0 aliphatic carbocycles. The maximum Gasteiger partial charge on any atom is 0.243 e. The molecule has 11 heteroatoms. The number of carbonyl (C=O) groups is 1. The van der Waals surface area contributed by atoms with Crippen molar-refractivity contribution in [2.75, 3.05) is 18.4 Å². The summed E-state index contributed by atoms with van der Waals surface area (Å²) >= 11 is 18.0. The summed E-state index contributed by atoms with van der Waals surface area (Å²) in [6.07, 6.45) is 2.45. The van der Waals surface area contributed by atoms with Crippen molar-refractivity contribution in [3.8, 4) is 0 Å². The van der Waals surface area contributed by atoms with E-state index in [9.17, 15) is 13.2 Å². The highest BCUT2D eigenvalue weighted by molar-refractivity contribution is 7.89. The third-order valence-electron chi connectivity index (χ3n) is 5.49. The molecular weight excluding hydrogens is 507 g/mol. The van der Waals surface area contributed by atoms with Gasteiger partial charge in [0.05, 0.1) is 11.4 Å². The Bertz CT molecular complexity index is 1240. The van der Waals surface area contributed by atoms with Crippen LogP contribution in [-0.4, -0.2) is 41.5 Å². The van der Waals surface area contributed by atoms with Crippen LogP contribution in [0.2, 0.25) is 15.1 Å². The molecule has 1 fully saturated rings. The molecule has 0 saturated carbocycles. The van der Waals surface area contributed by atoms with Crippen molar-refractivity contribution >= 4 is 56.6 Å². The fourth-order valence-electron chi connectivity index (χ4n) is 3.67. The molecule has 1 saturated heterocycles. The van der Waals surface area contributed by atoms with Gasteiger partial charge in [-0.1, -0.05) is 46.9 Å². The van der Waals surface area contributed by atoms with Crippen molar-refractivity contribution in [1.29, 1.82) is 0 Å². The zero-order valence-electron chi connectivity index (χ0n) is 17.4. The highest BCUT2D eigenvalue weighted by Crippen LogP contribution is 2.27. The average Bonchev–Trinajstić information content (AvgIpc) is 3.14. The Kier molecular flexibility index (Phi) is 7.31. The number of amides is 1. The van der Waals surface area contributed by atoms with E-state index in [1.165, 1.54) is 16.4 Å². The molecule has 2 aromatic carbocycles. The van der Waals surface area contributed by atoms with Crippen LogP contribution in [0.5, 0.6) is 0 Å². The molecular formula is C22H21Cl3N4O3S. The molecule has 0 radical (unpaired) electrons. The third kappa shape index (κ3) is 5.70. The lowest BCUT2D eigenvalue weighted by Gasteiger charge is -2.30. The minimum Gasteiger partial charge on any atom is -0.308 e. The van der Waals surface area contributed by atoms with E-state index < -0.39 is 10.0 Å². The summed E-state index contributed by atoms with van der Waals surface area (Å²) in [6.45, 7) is 0.983. The van der Waals surface area contributed by atoms with E-state index in [4.69, 9.17) is 34.8 Å². The number of nitrogens with one attached hydrogen (secondary N) is 1. The molecule has 0 atom stereocenters. The summed E-state index contributed by atoms with van der Waals surface area (Å²) in [5.41, 5.74) is 0.991.